The molecule has 0 aliphatic rings. The molecule has 44 valence electrons. The molecule has 0 bridgehead atoms. The van der Waals surface area contributed by atoms with Crippen LogP contribution in [0.25, 0.3) is 0 Å². The number of alkyl halides is 1. The van der Waals surface area contributed by atoms with Gasteiger partial charge in [0.05, 0.1) is 12.4 Å². The average Bonchev–Trinajstić information content (AvgIpc) is 2.12. The Balaban J connectivity index is 2.77. The first-order chi connectivity index (χ1) is 3.80. The molecule has 0 saturated carbocycles. The van der Waals surface area contributed by atoms with E-state index < -0.39 is 0 Å². The van der Waals surface area contributed by atoms with Gasteiger partial charge in [-0.25, -0.2) is 0 Å². The molecular weight excluding hydrogens is 217 g/mol. The zero-order valence-electron chi connectivity index (χ0n) is 4.45. The average molecular weight is 223 g/mol. The van der Waals surface area contributed by atoms with E-state index in [2.05, 4.69) is 32.8 Å². The summed E-state index contributed by atoms with van der Waals surface area (Å²) in [5, 5.41) is 7.83. The van der Waals surface area contributed by atoms with Gasteiger partial charge >= 0.3 is 0 Å². The summed E-state index contributed by atoms with van der Waals surface area (Å²) < 4.78 is 0.350. The first-order valence-electron chi connectivity index (χ1n) is 2.30. The van der Waals surface area contributed by atoms with Crippen LogP contribution in [0.5, 0.6) is 0 Å². The Hall–Kier alpha value is -0.130. The Labute approximate surface area is 61.2 Å². The SMILES string of the molecule is CC(I)n1nccn1. The highest BCUT2D eigenvalue weighted by molar-refractivity contribution is 14.1. The molecule has 1 rings (SSSR count). The van der Waals surface area contributed by atoms with Crippen molar-refractivity contribution in [2.45, 2.75) is 11.0 Å². The molecule has 0 aliphatic heterocycles. The molecule has 1 heterocycles. The van der Waals surface area contributed by atoms with Crippen molar-refractivity contribution < 1.29 is 0 Å². The maximum Gasteiger partial charge on any atom is 0.120 e. The van der Waals surface area contributed by atoms with E-state index in [0.29, 0.717) is 4.05 Å². The van der Waals surface area contributed by atoms with E-state index in [1.807, 2.05) is 6.92 Å². The Kier molecular flexibility index (Phi) is 1.82. The van der Waals surface area contributed by atoms with Crippen molar-refractivity contribution in [3.05, 3.63) is 12.4 Å². The molecule has 1 aromatic rings. The van der Waals surface area contributed by atoms with Gasteiger partial charge in [0.2, 0.25) is 0 Å². The van der Waals surface area contributed by atoms with E-state index in [-0.39, 0.29) is 0 Å². The predicted octanol–water partition coefficient (Wildman–Crippen LogP) is 1.23. The van der Waals surface area contributed by atoms with Crippen molar-refractivity contribution in [3.63, 3.8) is 0 Å². The summed E-state index contributed by atoms with van der Waals surface area (Å²) in [5.41, 5.74) is 0. The number of hydrogen-bond donors (Lipinski definition) is 0. The number of rotatable bonds is 1. The zero-order valence-corrected chi connectivity index (χ0v) is 6.61. The van der Waals surface area contributed by atoms with Gasteiger partial charge in [-0.15, -0.1) is 0 Å². The van der Waals surface area contributed by atoms with Crippen LogP contribution in [0.2, 0.25) is 0 Å². The second-order valence-corrected chi connectivity index (χ2v) is 3.23. The second kappa shape index (κ2) is 2.43. The van der Waals surface area contributed by atoms with Gasteiger partial charge in [0, 0.05) is 0 Å². The van der Waals surface area contributed by atoms with Gasteiger partial charge in [-0.3, -0.25) is 0 Å². The van der Waals surface area contributed by atoms with Gasteiger partial charge in [-0.05, 0) is 6.92 Å². The molecule has 0 aliphatic carbocycles. The molecule has 1 atom stereocenters. The van der Waals surface area contributed by atoms with E-state index >= 15 is 0 Å². The van der Waals surface area contributed by atoms with Crippen molar-refractivity contribution >= 4 is 22.6 Å². The fourth-order valence-electron chi connectivity index (χ4n) is 0.410. The van der Waals surface area contributed by atoms with Crippen LogP contribution in [-0.4, -0.2) is 15.0 Å². The maximum absolute atomic E-state index is 3.91. The number of nitrogens with zero attached hydrogens (tertiary/aromatic N) is 3. The van der Waals surface area contributed by atoms with Crippen molar-refractivity contribution in [2.24, 2.45) is 0 Å². The maximum atomic E-state index is 3.91. The van der Waals surface area contributed by atoms with Crippen LogP contribution in [-0.2, 0) is 0 Å². The minimum atomic E-state index is 0.350. The normalized spacial score (nSPS) is 13.8. The third-order valence-electron chi connectivity index (χ3n) is 0.755. The van der Waals surface area contributed by atoms with E-state index in [1.54, 1.807) is 17.2 Å². The molecule has 0 N–H and O–H groups in total. The van der Waals surface area contributed by atoms with Gasteiger partial charge in [-0.1, -0.05) is 22.6 Å². The van der Waals surface area contributed by atoms with Gasteiger partial charge < -0.3 is 0 Å². The van der Waals surface area contributed by atoms with Crippen molar-refractivity contribution in [1.29, 1.82) is 0 Å². The summed E-state index contributed by atoms with van der Waals surface area (Å²) in [7, 11) is 0. The van der Waals surface area contributed by atoms with Crippen LogP contribution < -0.4 is 0 Å². The molecule has 4 heteroatoms. The Morgan fingerprint density at radius 1 is 1.50 bits per heavy atom. The Morgan fingerprint density at radius 2 is 2.00 bits per heavy atom. The largest absolute Gasteiger partial charge is 0.172 e. The fourth-order valence-corrected chi connectivity index (χ4v) is 0.697. The van der Waals surface area contributed by atoms with Crippen LogP contribution >= 0.6 is 22.6 Å². The predicted molar refractivity (Wildman–Crippen MR) is 38.8 cm³/mol. The summed E-state index contributed by atoms with van der Waals surface area (Å²) in [4.78, 5) is 1.65. The summed E-state index contributed by atoms with van der Waals surface area (Å²) in [6, 6.07) is 0. The van der Waals surface area contributed by atoms with Gasteiger partial charge in [0.1, 0.15) is 4.05 Å². The topological polar surface area (TPSA) is 30.7 Å². The summed E-state index contributed by atoms with van der Waals surface area (Å²) in [6.45, 7) is 2.03. The van der Waals surface area contributed by atoms with Crippen molar-refractivity contribution in [2.75, 3.05) is 0 Å². The lowest BCUT2D eigenvalue weighted by Gasteiger charge is -1.97. The molecule has 3 nitrogen and oxygen atoms in total. The highest BCUT2D eigenvalue weighted by atomic mass is 127. The van der Waals surface area contributed by atoms with Crippen molar-refractivity contribution in [3.8, 4) is 0 Å². The van der Waals surface area contributed by atoms with Gasteiger partial charge in [0.15, 0.2) is 0 Å². The fraction of sp³-hybridized carbons (Fsp3) is 0.500. The van der Waals surface area contributed by atoms with Crippen LogP contribution in [0, 0.1) is 0 Å². The lowest BCUT2D eigenvalue weighted by atomic mass is 10.8. The molecule has 1 aromatic heterocycles. The first kappa shape index (κ1) is 6.00. The Bertz CT molecular complexity index is 146. The van der Waals surface area contributed by atoms with E-state index in [0.717, 1.165) is 0 Å². The zero-order chi connectivity index (χ0) is 5.98. The quantitative estimate of drug-likeness (QED) is 0.529. The number of halogens is 1. The third kappa shape index (κ3) is 1.18. The second-order valence-electron chi connectivity index (χ2n) is 1.42. The summed E-state index contributed by atoms with van der Waals surface area (Å²) >= 11 is 2.24. The van der Waals surface area contributed by atoms with E-state index in [4.69, 9.17) is 0 Å². The molecule has 8 heavy (non-hydrogen) atoms. The molecule has 0 amide bonds. The number of aromatic nitrogens is 3. The molecule has 0 spiro atoms. The smallest absolute Gasteiger partial charge is 0.120 e. The van der Waals surface area contributed by atoms with Gasteiger partial charge in [-0.2, -0.15) is 15.0 Å². The lowest BCUT2D eigenvalue weighted by Crippen LogP contribution is -2.00. The molecular formula is C4H6IN3. The lowest BCUT2D eigenvalue weighted by molar-refractivity contribution is 0.574. The number of hydrogen-bond acceptors (Lipinski definition) is 2. The van der Waals surface area contributed by atoms with Gasteiger partial charge in [0.25, 0.3) is 0 Å². The highest BCUT2D eigenvalue weighted by Crippen LogP contribution is 2.08. The van der Waals surface area contributed by atoms with Crippen LogP contribution in [0.1, 0.15) is 11.0 Å². The minimum Gasteiger partial charge on any atom is -0.172 e. The third-order valence-corrected chi connectivity index (χ3v) is 1.25. The first-order valence-corrected chi connectivity index (χ1v) is 3.55. The molecule has 1 unspecified atom stereocenters. The molecule has 0 aromatic carbocycles. The summed E-state index contributed by atoms with van der Waals surface area (Å²) in [6.07, 6.45) is 3.35. The molecule has 0 radical (unpaired) electrons. The highest BCUT2D eigenvalue weighted by Gasteiger charge is 1.95. The van der Waals surface area contributed by atoms with Crippen LogP contribution in [0.4, 0.5) is 0 Å². The monoisotopic (exact) mass is 223 g/mol. The minimum absolute atomic E-state index is 0.350. The van der Waals surface area contributed by atoms with E-state index in [9.17, 15) is 0 Å². The van der Waals surface area contributed by atoms with Crippen molar-refractivity contribution in [1.82, 2.24) is 15.0 Å². The Morgan fingerprint density at radius 3 is 2.25 bits per heavy atom. The summed E-state index contributed by atoms with van der Waals surface area (Å²) in [5.74, 6) is 0. The standard InChI is InChI=1S/C4H6IN3/c1-4(5)8-6-2-3-7-8/h2-4H,1H3. The van der Waals surface area contributed by atoms with E-state index in [1.165, 1.54) is 0 Å². The molecule has 0 saturated heterocycles. The van der Waals surface area contributed by atoms with Crippen LogP contribution in [0.15, 0.2) is 12.4 Å². The molecule has 0 fully saturated rings. The van der Waals surface area contributed by atoms with Crippen LogP contribution in [0.3, 0.4) is 0 Å².